The van der Waals surface area contributed by atoms with Crippen LogP contribution in [0.15, 0.2) is 42.7 Å². The van der Waals surface area contributed by atoms with Gasteiger partial charge in [-0.1, -0.05) is 0 Å². The molecule has 2 heterocycles. The van der Waals surface area contributed by atoms with Gasteiger partial charge in [0.15, 0.2) is 0 Å². The van der Waals surface area contributed by atoms with Gasteiger partial charge in [-0.05, 0) is 43.7 Å². The van der Waals surface area contributed by atoms with Gasteiger partial charge in [0.05, 0.1) is 40.9 Å². The maximum absolute atomic E-state index is 9.72. The molecule has 0 aliphatic heterocycles. The lowest BCUT2D eigenvalue weighted by Crippen LogP contribution is -2.17. The monoisotopic (exact) mass is 441 g/mol. The zero-order valence-corrected chi connectivity index (χ0v) is 19.5. The molecule has 8 nitrogen and oxygen atoms in total. The van der Waals surface area contributed by atoms with Crippen molar-refractivity contribution in [3.05, 3.63) is 53.9 Å². The number of aryl methyl sites for hydroxylation is 2. The number of fused-ring (bicyclic) bond motifs is 1. The van der Waals surface area contributed by atoms with E-state index in [-0.39, 0.29) is 0 Å². The number of nitrogen functional groups attached to an aromatic ring is 1. The van der Waals surface area contributed by atoms with Gasteiger partial charge in [-0.25, -0.2) is 9.97 Å². The Kier molecular flexibility index (Phi) is 5.80. The first-order chi connectivity index (χ1) is 15.9. The molecule has 4 rings (SSSR count). The third-order valence-electron chi connectivity index (χ3n) is 5.83. The molecule has 2 aromatic carbocycles. The number of nitrogens with one attached hydrogen (secondary N) is 1. The molecular weight excluding hydrogens is 414 g/mol. The van der Waals surface area contributed by atoms with Crippen LogP contribution in [0.3, 0.4) is 0 Å². The molecule has 0 saturated heterocycles. The zero-order chi connectivity index (χ0) is 23.7. The van der Waals surface area contributed by atoms with Crippen LogP contribution in [0.5, 0.6) is 5.75 Å². The average Bonchev–Trinajstić information content (AvgIpc) is 3.11. The number of rotatable bonds is 6. The van der Waals surface area contributed by atoms with E-state index in [0.29, 0.717) is 34.3 Å². The fourth-order valence-electron chi connectivity index (χ4n) is 4.03. The van der Waals surface area contributed by atoms with Crippen LogP contribution in [0.2, 0.25) is 0 Å². The number of anilines is 4. The summed E-state index contributed by atoms with van der Waals surface area (Å²) in [6.07, 6.45) is 3.71. The van der Waals surface area contributed by atoms with Crippen molar-refractivity contribution in [3.63, 3.8) is 0 Å². The van der Waals surface area contributed by atoms with Crippen LogP contribution in [0.25, 0.3) is 22.2 Å². The van der Waals surface area contributed by atoms with E-state index in [4.69, 9.17) is 15.5 Å². The lowest BCUT2D eigenvalue weighted by molar-refractivity contribution is 0.417. The molecule has 0 aliphatic rings. The molecular formula is C25H27N7O. The minimum Gasteiger partial charge on any atom is -0.494 e. The van der Waals surface area contributed by atoms with E-state index in [1.165, 1.54) is 0 Å². The van der Waals surface area contributed by atoms with Gasteiger partial charge in [0.2, 0.25) is 5.95 Å². The van der Waals surface area contributed by atoms with Crippen LogP contribution in [0.4, 0.5) is 23.0 Å². The predicted molar refractivity (Wildman–Crippen MR) is 133 cm³/mol. The Morgan fingerprint density at radius 2 is 2.06 bits per heavy atom. The number of nitrogens with zero attached hydrogens (tertiary/aromatic N) is 5. The summed E-state index contributed by atoms with van der Waals surface area (Å²) in [4.78, 5) is 11.1. The van der Waals surface area contributed by atoms with E-state index in [1.807, 2.05) is 60.9 Å². The summed E-state index contributed by atoms with van der Waals surface area (Å²) in [6, 6.07) is 11.8. The Labute approximate surface area is 193 Å². The Balaban J connectivity index is 1.74. The fourth-order valence-corrected chi connectivity index (χ4v) is 4.03. The van der Waals surface area contributed by atoms with Crippen LogP contribution in [0.1, 0.15) is 18.1 Å². The maximum Gasteiger partial charge on any atom is 0.227 e. The highest BCUT2D eigenvalue weighted by atomic mass is 16.5. The highest BCUT2D eigenvalue weighted by Gasteiger charge is 2.15. The number of benzene rings is 2. The van der Waals surface area contributed by atoms with E-state index in [2.05, 4.69) is 29.4 Å². The molecule has 0 saturated carbocycles. The minimum atomic E-state index is 0.408. The van der Waals surface area contributed by atoms with E-state index in [9.17, 15) is 5.26 Å². The van der Waals surface area contributed by atoms with Crippen molar-refractivity contribution in [2.24, 2.45) is 7.05 Å². The maximum atomic E-state index is 9.72. The molecule has 0 bridgehead atoms. The highest BCUT2D eigenvalue weighted by Crippen LogP contribution is 2.36. The number of nitriles is 1. The number of hydrogen-bond donors (Lipinski definition) is 2. The average molecular weight is 442 g/mol. The summed E-state index contributed by atoms with van der Waals surface area (Å²) in [5, 5.41) is 14.0. The van der Waals surface area contributed by atoms with Gasteiger partial charge in [-0.3, -0.25) is 0 Å². The quantitative estimate of drug-likeness (QED) is 0.421. The molecule has 0 atom stereocenters. The standard InChI is InChI=1S/C25H27N7O/c1-6-31(3)22-12-23(33-5)21(11-19(22)27)30-25-28-8-7-20(29-25)16-9-17(13-26)24-18(10-16)15(2)14-32(24)4/h7-12,14H,6,27H2,1-5H3,(H,28,29,30). The van der Waals surface area contributed by atoms with Crippen molar-refractivity contribution in [1.82, 2.24) is 14.5 Å². The number of nitrogens with two attached hydrogens (primary N) is 1. The van der Waals surface area contributed by atoms with E-state index in [1.54, 1.807) is 13.3 Å². The molecule has 2 aromatic heterocycles. The second kappa shape index (κ2) is 8.71. The molecule has 168 valence electrons. The summed E-state index contributed by atoms with van der Waals surface area (Å²) >= 11 is 0. The van der Waals surface area contributed by atoms with Crippen molar-refractivity contribution in [2.45, 2.75) is 13.8 Å². The SMILES string of the molecule is CCN(C)c1cc(OC)c(Nc2nccc(-c3cc(C#N)c4c(c3)c(C)cn4C)n2)cc1N. The Bertz CT molecular complexity index is 1380. The van der Waals surface area contributed by atoms with Crippen LogP contribution in [-0.4, -0.2) is 35.2 Å². The van der Waals surface area contributed by atoms with Crippen LogP contribution in [0, 0.1) is 18.3 Å². The first kappa shape index (κ1) is 22.0. The molecule has 33 heavy (non-hydrogen) atoms. The molecule has 0 spiro atoms. The first-order valence-corrected chi connectivity index (χ1v) is 10.6. The van der Waals surface area contributed by atoms with E-state index >= 15 is 0 Å². The summed E-state index contributed by atoms with van der Waals surface area (Å²) in [6.45, 7) is 4.92. The van der Waals surface area contributed by atoms with Gasteiger partial charge in [-0.15, -0.1) is 0 Å². The Morgan fingerprint density at radius 1 is 1.27 bits per heavy atom. The first-order valence-electron chi connectivity index (χ1n) is 10.6. The molecule has 0 unspecified atom stereocenters. The van der Waals surface area contributed by atoms with Gasteiger partial charge < -0.3 is 25.3 Å². The van der Waals surface area contributed by atoms with Gasteiger partial charge in [0.1, 0.15) is 11.8 Å². The third-order valence-corrected chi connectivity index (χ3v) is 5.83. The van der Waals surface area contributed by atoms with E-state index in [0.717, 1.165) is 34.3 Å². The smallest absolute Gasteiger partial charge is 0.227 e. The number of methoxy groups -OCH3 is 1. The van der Waals surface area contributed by atoms with Gasteiger partial charge in [-0.2, -0.15) is 5.26 Å². The zero-order valence-electron chi connectivity index (χ0n) is 19.5. The minimum absolute atomic E-state index is 0.408. The van der Waals surface area contributed by atoms with Crippen molar-refractivity contribution >= 4 is 33.9 Å². The van der Waals surface area contributed by atoms with Gasteiger partial charge >= 0.3 is 0 Å². The lowest BCUT2D eigenvalue weighted by atomic mass is 10.0. The highest BCUT2D eigenvalue weighted by molar-refractivity contribution is 5.92. The molecule has 8 heteroatoms. The summed E-state index contributed by atoms with van der Waals surface area (Å²) < 4.78 is 7.56. The van der Waals surface area contributed by atoms with Crippen molar-refractivity contribution < 1.29 is 4.74 Å². The van der Waals surface area contributed by atoms with E-state index < -0.39 is 0 Å². The third kappa shape index (κ3) is 4.01. The van der Waals surface area contributed by atoms with Crippen LogP contribution in [-0.2, 0) is 7.05 Å². The Morgan fingerprint density at radius 3 is 2.76 bits per heavy atom. The number of ether oxygens (including phenoxy) is 1. The second-order valence-electron chi connectivity index (χ2n) is 7.97. The van der Waals surface area contributed by atoms with Gasteiger partial charge in [0, 0.05) is 50.0 Å². The molecule has 0 fully saturated rings. The fraction of sp³-hybridized carbons (Fsp3) is 0.240. The van der Waals surface area contributed by atoms with Gasteiger partial charge in [0.25, 0.3) is 0 Å². The number of aromatic nitrogens is 3. The lowest BCUT2D eigenvalue weighted by Gasteiger charge is -2.21. The van der Waals surface area contributed by atoms with Crippen molar-refractivity contribution in [2.75, 3.05) is 36.7 Å². The normalized spacial score (nSPS) is 10.8. The topological polar surface area (TPSA) is 105 Å². The predicted octanol–water partition coefficient (Wildman–Crippen LogP) is 4.61. The summed E-state index contributed by atoms with van der Waals surface area (Å²) in [5.74, 6) is 1.05. The molecule has 0 radical (unpaired) electrons. The largest absolute Gasteiger partial charge is 0.494 e. The molecule has 3 N–H and O–H groups in total. The molecule has 0 amide bonds. The van der Waals surface area contributed by atoms with Crippen LogP contribution >= 0.6 is 0 Å². The number of hydrogen-bond acceptors (Lipinski definition) is 7. The second-order valence-corrected chi connectivity index (χ2v) is 7.97. The van der Waals surface area contributed by atoms with Crippen LogP contribution < -0.4 is 20.7 Å². The molecule has 0 aliphatic carbocycles. The summed E-state index contributed by atoms with van der Waals surface area (Å²) in [5.41, 5.74) is 12.7. The summed E-state index contributed by atoms with van der Waals surface area (Å²) in [7, 11) is 5.54. The molecule has 4 aromatic rings. The Hall–Kier alpha value is -4.25. The van der Waals surface area contributed by atoms with Crippen molar-refractivity contribution in [3.8, 4) is 23.1 Å². The van der Waals surface area contributed by atoms with Crippen molar-refractivity contribution in [1.29, 1.82) is 5.26 Å².